The van der Waals surface area contributed by atoms with Crippen LogP contribution in [-0.4, -0.2) is 44.4 Å². The summed E-state index contributed by atoms with van der Waals surface area (Å²) in [5.74, 6) is 1.91. The second kappa shape index (κ2) is 7.46. The summed E-state index contributed by atoms with van der Waals surface area (Å²) in [6.07, 6.45) is 1.90. The van der Waals surface area contributed by atoms with Crippen molar-refractivity contribution in [3.63, 3.8) is 0 Å². The number of hydrogen-bond acceptors (Lipinski definition) is 6. The number of carbonyl (C=O) groups is 1. The van der Waals surface area contributed by atoms with Crippen LogP contribution in [0.2, 0.25) is 0 Å². The summed E-state index contributed by atoms with van der Waals surface area (Å²) in [5.41, 5.74) is 3.87. The Bertz CT molecular complexity index is 1010. The van der Waals surface area contributed by atoms with Gasteiger partial charge in [0.2, 0.25) is 5.91 Å². The minimum Gasteiger partial charge on any atom is -0.497 e. The fraction of sp³-hybridized carbons (Fsp3) is 0.400. The molecule has 0 atom stereocenters. The lowest BCUT2D eigenvalue weighted by molar-refractivity contribution is -0.132. The SMILES string of the molecule is COc1cccc(CCC(=O)N2CCc3c(c(-c4nc(C)no4)nn3C)C2)c1. The van der Waals surface area contributed by atoms with Gasteiger partial charge in [-0.2, -0.15) is 10.1 Å². The molecule has 1 aliphatic heterocycles. The topological polar surface area (TPSA) is 86.3 Å². The molecule has 0 spiro atoms. The zero-order valence-corrected chi connectivity index (χ0v) is 16.3. The number of hydrogen-bond donors (Lipinski definition) is 0. The molecule has 0 aliphatic carbocycles. The molecule has 0 N–H and O–H groups in total. The van der Waals surface area contributed by atoms with Gasteiger partial charge in [-0.05, 0) is 31.0 Å². The highest BCUT2D eigenvalue weighted by Crippen LogP contribution is 2.29. The van der Waals surface area contributed by atoms with E-state index >= 15 is 0 Å². The van der Waals surface area contributed by atoms with Crippen LogP contribution < -0.4 is 4.74 Å². The third-order valence-corrected chi connectivity index (χ3v) is 5.09. The predicted octanol–water partition coefficient (Wildman–Crippen LogP) is 2.30. The Kier molecular flexibility index (Phi) is 4.85. The molecule has 8 nitrogen and oxygen atoms in total. The summed E-state index contributed by atoms with van der Waals surface area (Å²) in [7, 11) is 3.55. The minimum absolute atomic E-state index is 0.130. The zero-order valence-electron chi connectivity index (χ0n) is 16.3. The molecule has 4 rings (SSSR count). The van der Waals surface area contributed by atoms with Crippen LogP contribution in [-0.2, 0) is 31.2 Å². The Balaban J connectivity index is 1.48. The van der Waals surface area contributed by atoms with E-state index < -0.39 is 0 Å². The van der Waals surface area contributed by atoms with Crippen molar-refractivity contribution in [2.45, 2.75) is 32.7 Å². The van der Waals surface area contributed by atoms with E-state index in [1.165, 1.54) is 0 Å². The van der Waals surface area contributed by atoms with Gasteiger partial charge in [-0.1, -0.05) is 17.3 Å². The lowest BCUT2D eigenvalue weighted by Gasteiger charge is -2.27. The van der Waals surface area contributed by atoms with Crippen molar-refractivity contribution >= 4 is 5.91 Å². The van der Waals surface area contributed by atoms with Crippen molar-refractivity contribution in [1.82, 2.24) is 24.8 Å². The third kappa shape index (κ3) is 3.49. The number of carbonyl (C=O) groups excluding carboxylic acids is 1. The first-order valence-electron chi connectivity index (χ1n) is 9.31. The molecule has 0 unspecified atom stereocenters. The molecule has 146 valence electrons. The standard InChI is InChI=1S/C20H23N5O3/c1-13-21-20(28-23-13)19-16-12-25(10-9-17(16)24(2)22-19)18(26)8-7-14-5-4-6-15(11-14)27-3/h4-6,11H,7-10,12H2,1-3H3. The highest BCUT2D eigenvalue weighted by atomic mass is 16.5. The second-order valence-corrected chi connectivity index (χ2v) is 6.96. The van der Waals surface area contributed by atoms with Crippen LogP contribution in [0.4, 0.5) is 0 Å². The zero-order chi connectivity index (χ0) is 19.7. The molecule has 3 heterocycles. The van der Waals surface area contributed by atoms with Crippen molar-refractivity contribution in [3.05, 3.63) is 46.9 Å². The number of aromatic nitrogens is 4. The van der Waals surface area contributed by atoms with E-state index in [0.29, 0.717) is 43.3 Å². The maximum absolute atomic E-state index is 12.8. The maximum Gasteiger partial charge on any atom is 0.278 e. The van der Waals surface area contributed by atoms with Crippen LogP contribution in [0.15, 0.2) is 28.8 Å². The van der Waals surface area contributed by atoms with Gasteiger partial charge in [-0.3, -0.25) is 9.48 Å². The van der Waals surface area contributed by atoms with Gasteiger partial charge in [0.25, 0.3) is 5.89 Å². The molecular formula is C20H23N5O3. The first kappa shape index (κ1) is 18.2. The van der Waals surface area contributed by atoms with E-state index in [9.17, 15) is 4.79 Å². The lowest BCUT2D eigenvalue weighted by Crippen LogP contribution is -2.36. The van der Waals surface area contributed by atoms with Gasteiger partial charge < -0.3 is 14.2 Å². The molecule has 0 saturated heterocycles. The highest BCUT2D eigenvalue weighted by molar-refractivity contribution is 5.77. The molecule has 2 aromatic heterocycles. The van der Waals surface area contributed by atoms with E-state index in [1.54, 1.807) is 14.0 Å². The van der Waals surface area contributed by atoms with E-state index in [2.05, 4.69) is 15.2 Å². The van der Waals surface area contributed by atoms with Gasteiger partial charge in [0.15, 0.2) is 11.5 Å². The molecule has 3 aromatic rings. The number of ether oxygens (including phenoxy) is 1. The van der Waals surface area contributed by atoms with Crippen LogP contribution in [0.3, 0.4) is 0 Å². The van der Waals surface area contributed by atoms with Crippen LogP contribution in [0, 0.1) is 6.92 Å². The summed E-state index contributed by atoms with van der Waals surface area (Å²) < 4.78 is 12.4. The van der Waals surface area contributed by atoms with E-state index in [1.807, 2.05) is 40.9 Å². The van der Waals surface area contributed by atoms with Gasteiger partial charge in [0.05, 0.1) is 7.11 Å². The Hall–Kier alpha value is -3.16. The molecule has 0 radical (unpaired) electrons. The summed E-state index contributed by atoms with van der Waals surface area (Å²) in [4.78, 5) is 19.0. The Labute approximate surface area is 163 Å². The second-order valence-electron chi connectivity index (χ2n) is 6.96. The highest BCUT2D eigenvalue weighted by Gasteiger charge is 2.29. The molecule has 8 heteroatoms. The number of rotatable bonds is 5. The maximum atomic E-state index is 12.8. The number of aryl methyl sites for hydroxylation is 3. The van der Waals surface area contributed by atoms with Crippen molar-refractivity contribution in [2.24, 2.45) is 7.05 Å². The number of amides is 1. The largest absolute Gasteiger partial charge is 0.497 e. The van der Waals surface area contributed by atoms with E-state index in [0.717, 1.165) is 29.0 Å². The van der Waals surface area contributed by atoms with Crippen LogP contribution in [0.25, 0.3) is 11.6 Å². The van der Waals surface area contributed by atoms with Crippen molar-refractivity contribution in [3.8, 4) is 17.3 Å². The number of nitrogens with zero attached hydrogens (tertiary/aromatic N) is 5. The van der Waals surface area contributed by atoms with Gasteiger partial charge in [0.1, 0.15) is 5.75 Å². The van der Waals surface area contributed by atoms with Crippen LogP contribution in [0.1, 0.15) is 29.1 Å². The van der Waals surface area contributed by atoms with Crippen LogP contribution in [0.5, 0.6) is 5.75 Å². The summed E-state index contributed by atoms with van der Waals surface area (Å²) in [6, 6.07) is 7.83. The molecule has 28 heavy (non-hydrogen) atoms. The molecule has 1 amide bonds. The molecule has 0 saturated carbocycles. The molecule has 1 aromatic carbocycles. The lowest BCUT2D eigenvalue weighted by atomic mass is 10.0. The van der Waals surface area contributed by atoms with Crippen LogP contribution >= 0.6 is 0 Å². The van der Waals surface area contributed by atoms with Gasteiger partial charge >= 0.3 is 0 Å². The Morgan fingerprint density at radius 3 is 2.96 bits per heavy atom. The third-order valence-electron chi connectivity index (χ3n) is 5.09. The average Bonchev–Trinajstić information content (AvgIpc) is 3.29. The van der Waals surface area contributed by atoms with Crippen molar-refractivity contribution in [2.75, 3.05) is 13.7 Å². The van der Waals surface area contributed by atoms with Gasteiger partial charge in [0, 0.05) is 44.2 Å². The summed E-state index contributed by atoms with van der Waals surface area (Å²) >= 11 is 0. The van der Waals surface area contributed by atoms with Gasteiger partial charge in [-0.25, -0.2) is 0 Å². The Morgan fingerprint density at radius 2 is 2.21 bits per heavy atom. The monoisotopic (exact) mass is 381 g/mol. The number of fused-ring (bicyclic) bond motifs is 1. The fourth-order valence-corrected chi connectivity index (χ4v) is 3.61. The fourth-order valence-electron chi connectivity index (χ4n) is 3.61. The molecule has 0 bridgehead atoms. The van der Waals surface area contributed by atoms with E-state index in [4.69, 9.17) is 9.26 Å². The number of benzene rings is 1. The van der Waals surface area contributed by atoms with E-state index in [-0.39, 0.29) is 5.91 Å². The first-order chi connectivity index (χ1) is 13.5. The summed E-state index contributed by atoms with van der Waals surface area (Å²) in [6.45, 7) is 2.97. The predicted molar refractivity (Wildman–Crippen MR) is 102 cm³/mol. The van der Waals surface area contributed by atoms with Gasteiger partial charge in [-0.15, -0.1) is 0 Å². The summed E-state index contributed by atoms with van der Waals surface area (Å²) in [5, 5.41) is 8.41. The minimum atomic E-state index is 0.130. The number of methoxy groups -OCH3 is 1. The normalized spacial score (nSPS) is 13.5. The Morgan fingerprint density at radius 1 is 1.36 bits per heavy atom. The van der Waals surface area contributed by atoms with Crippen molar-refractivity contribution < 1.29 is 14.1 Å². The first-order valence-corrected chi connectivity index (χ1v) is 9.31. The smallest absolute Gasteiger partial charge is 0.278 e. The average molecular weight is 381 g/mol. The quantitative estimate of drug-likeness (QED) is 0.674. The molecular weight excluding hydrogens is 358 g/mol. The molecule has 0 fully saturated rings. The molecule has 1 aliphatic rings. The van der Waals surface area contributed by atoms with Crippen molar-refractivity contribution in [1.29, 1.82) is 0 Å².